The Morgan fingerprint density at radius 3 is 2.80 bits per heavy atom. The zero-order valence-electron chi connectivity index (χ0n) is 12.7. The number of thiazole rings is 1. The Kier molecular flexibility index (Phi) is 4.16. The van der Waals surface area contributed by atoms with Crippen molar-refractivity contribution in [2.24, 2.45) is 0 Å². The highest BCUT2D eigenvalue weighted by Gasteiger charge is 2.15. The second-order valence-corrected chi connectivity index (χ2v) is 7.61. The molecular formula is C16H11ClN4O2S2. The Morgan fingerprint density at radius 1 is 1.20 bits per heavy atom. The topological polar surface area (TPSA) is 75.5 Å². The number of halogens is 1. The average Bonchev–Trinajstić information content (AvgIpc) is 3.26. The van der Waals surface area contributed by atoms with Crippen LogP contribution in [0.3, 0.4) is 0 Å². The van der Waals surface area contributed by atoms with Crippen LogP contribution < -0.4 is 10.9 Å². The summed E-state index contributed by atoms with van der Waals surface area (Å²) in [5, 5.41) is 2.55. The molecule has 0 aliphatic carbocycles. The smallest absolute Gasteiger partial charge is 0.279 e. The third-order valence-corrected chi connectivity index (χ3v) is 5.58. The normalized spacial score (nSPS) is 11.1. The lowest BCUT2D eigenvalue weighted by molar-refractivity contribution is -0.121. The molecular weight excluding hydrogens is 380 g/mol. The summed E-state index contributed by atoms with van der Waals surface area (Å²) in [5.41, 5.74) is 6.56. The quantitative estimate of drug-likeness (QED) is 0.527. The van der Waals surface area contributed by atoms with Crippen LogP contribution in [0.5, 0.6) is 0 Å². The fraction of sp³-hybridized carbons (Fsp3) is 0.0625. The molecule has 0 radical (unpaired) electrons. The number of hydrogen-bond donors (Lipinski definition) is 2. The van der Waals surface area contributed by atoms with Gasteiger partial charge in [0.2, 0.25) is 5.91 Å². The number of rotatable bonds is 3. The monoisotopic (exact) mass is 390 g/mol. The van der Waals surface area contributed by atoms with E-state index in [0.29, 0.717) is 9.90 Å². The van der Waals surface area contributed by atoms with Crippen molar-refractivity contribution >= 4 is 61.4 Å². The molecule has 0 aliphatic heterocycles. The summed E-state index contributed by atoms with van der Waals surface area (Å²) in [4.78, 5) is 30.8. The van der Waals surface area contributed by atoms with E-state index in [9.17, 15) is 9.59 Å². The van der Waals surface area contributed by atoms with Crippen LogP contribution in [0.15, 0.2) is 41.9 Å². The molecule has 6 nitrogen and oxygen atoms in total. The molecule has 9 heteroatoms. The summed E-state index contributed by atoms with van der Waals surface area (Å²) in [6.45, 7) is 0. The molecule has 25 heavy (non-hydrogen) atoms. The maximum atomic E-state index is 12.2. The Morgan fingerprint density at radius 2 is 2.00 bits per heavy atom. The number of nitrogens with one attached hydrogen (secondary N) is 2. The molecule has 0 fully saturated rings. The van der Waals surface area contributed by atoms with E-state index in [-0.39, 0.29) is 18.2 Å². The molecule has 126 valence electrons. The van der Waals surface area contributed by atoms with Crippen molar-refractivity contribution in [1.82, 2.24) is 20.2 Å². The lowest BCUT2D eigenvalue weighted by atomic mass is 10.1. The number of benzene rings is 1. The molecule has 0 unspecified atom stereocenters. The summed E-state index contributed by atoms with van der Waals surface area (Å²) in [7, 11) is 0. The zero-order chi connectivity index (χ0) is 17.4. The second kappa shape index (κ2) is 6.47. The first-order valence-corrected chi connectivity index (χ1v) is 9.36. The van der Waals surface area contributed by atoms with E-state index in [1.54, 1.807) is 41.7 Å². The number of fused-ring (bicyclic) bond motifs is 3. The number of nitrogens with zero attached hydrogens (tertiary/aromatic N) is 2. The van der Waals surface area contributed by atoms with Gasteiger partial charge in [-0.15, -0.1) is 22.7 Å². The largest absolute Gasteiger partial charge is 0.289 e. The fourth-order valence-electron chi connectivity index (χ4n) is 2.38. The van der Waals surface area contributed by atoms with Crippen LogP contribution in [0.25, 0.3) is 15.3 Å². The summed E-state index contributed by atoms with van der Waals surface area (Å²) in [6, 6.07) is 8.74. The van der Waals surface area contributed by atoms with E-state index in [4.69, 9.17) is 11.6 Å². The van der Waals surface area contributed by atoms with Gasteiger partial charge in [-0.05, 0) is 23.8 Å². The van der Waals surface area contributed by atoms with Gasteiger partial charge in [0, 0.05) is 16.6 Å². The van der Waals surface area contributed by atoms with Crippen LogP contribution >= 0.6 is 34.3 Å². The Labute approximate surface area is 155 Å². The van der Waals surface area contributed by atoms with Crippen molar-refractivity contribution in [3.8, 4) is 0 Å². The third kappa shape index (κ3) is 3.23. The first kappa shape index (κ1) is 16.1. The van der Waals surface area contributed by atoms with Gasteiger partial charge in [-0.2, -0.15) is 0 Å². The maximum absolute atomic E-state index is 12.2. The Hall–Kier alpha value is -2.42. The minimum atomic E-state index is -0.364. The van der Waals surface area contributed by atoms with Gasteiger partial charge in [-0.1, -0.05) is 23.7 Å². The van der Waals surface area contributed by atoms with Gasteiger partial charge >= 0.3 is 0 Å². The van der Waals surface area contributed by atoms with E-state index >= 15 is 0 Å². The van der Waals surface area contributed by atoms with Crippen LogP contribution in [-0.2, 0) is 11.2 Å². The molecule has 0 saturated carbocycles. The predicted octanol–water partition coefficient (Wildman–Crippen LogP) is 3.27. The van der Waals surface area contributed by atoms with Crippen LogP contribution in [0.4, 0.5) is 0 Å². The molecule has 3 heterocycles. The van der Waals surface area contributed by atoms with E-state index in [2.05, 4.69) is 15.8 Å². The Balaban J connectivity index is 1.40. The molecule has 4 rings (SSSR count). The predicted molar refractivity (Wildman–Crippen MR) is 99.2 cm³/mol. The van der Waals surface area contributed by atoms with Crippen LogP contribution in [0.1, 0.15) is 15.2 Å². The van der Waals surface area contributed by atoms with Crippen molar-refractivity contribution < 1.29 is 9.59 Å². The maximum Gasteiger partial charge on any atom is 0.279 e. The number of thiophene rings is 1. The first-order chi connectivity index (χ1) is 12.1. The molecule has 1 aromatic carbocycles. The summed E-state index contributed by atoms with van der Waals surface area (Å²) in [5.74, 6) is -0.671. The Bertz CT molecular complexity index is 1080. The average molecular weight is 391 g/mol. The number of aromatic nitrogens is 2. The van der Waals surface area contributed by atoms with Crippen molar-refractivity contribution in [1.29, 1.82) is 0 Å². The van der Waals surface area contributed by atoms with E-state index in [0.717, 1.165) is 20.9 Å². The lowest BCUT2D eigenvalue weighted by Gasteiger charge is -2.06. The third-order valence-electron chi connectivity index (χ3n) is 3.56. The van der Waals surface area contributed by atoms with E-state index < -0.39 is 0 Å². The van der Waals surface area contributed by atoms with Crippen LogP contribution in [-0.4, -0.2) is 21.2 Å². The number of carbonyl (C=O) groups is 2. The van der Waals surface area contributed by atoms with Crippen molar-refractivity contribution in [3.63, 3.8) is 0 Å². The molecule has 3 aromatic heterocycles. The van der Waals surface area contributed by atoms with Crippen LogP contribution in [0.2, 0.25) is 5.02 Å². The summed E-state index contributed by atoms with van der Waals surface area (Å²) in [6.07, 6.45) is 2.07. The van der Waals surface area contributed by atoms with Crippen molar-refractivity contribution in [3.05, 3.63) is 57.4 Å². The molecule has 0 aliphatic rings. The summed E-state index contributed by atoms with van der Waals surface area (Å²) >= 11 is 8.64. The molecule has 0 bridgehead atoms. The van der Waals surface area contributed by atoms with E-state index in [1.807, 2.05) is 16.0 Å². The number of hydrazine groups is 1. The minimum absolute atomic E-state index is 0.155. The number of hydrogen-bond acceptors (Lipinski definition) is 5. The first-order valence-electron chi connectivity index (χ1n) is 7.29. The standard InChI is InChI=1S/C16H11ClN4O2S2/c17-10-3-1-9(2-4-10)7-13(22)19-20-14(23)12-8-11-15(25-12)18-16-21(11)5-6-24-16/h1-6,8H,7H2,(H,19,22)(H,20,23). The van der Waals surface area contributed by atoms with Gasteiger partial charge in [-0.3, -0.25) is 24.8 Å². The van der Waals surface area contributed by atoms with Gasteiger partial charge in [0.1, 0.15) is 4.83 Å². The molecule has 4 aromatic rings. The van der Waals surface area contributed by atoms with Gasteiger partial charge in [-0.25, -0.2) is 4.98 Å². The SMILES string of the molecule is O=C(Cc1ccc(Cl)cc1)NNC(=O)c1cc2c(nc3sccn32)s1. The highest BCUT2D eigenvalue weighted by atomic mass is 35.5. The molecule has 2 N–H and O–H groups in total. The summed E-state index contributed by atoms with van der Waals surface area (Å²) < 4.78 is 1.94. The molecule has 2 amide bonds. The number of carbonyl (C=O) groups excluding carboxylic acids is 2. The van der Waals surface area contributed by atoms with Gasteiger partial charge < -0.3 is 0 Å². The molecule has 0 spiro atoms. The van der Waals surface area contributed by atoms with Gasteiger partial charge in [0.15, 0.2) is 4.96 Å². The van der Waals surface area contributed by atoms with Crippen LogP contribution in [0, 0.1) is 0 Å². The molecule has 0 saturated heterocycles. The van der Waals surface area contributed by atoms with Crippen molar-refractivity contribution in [2.75, 3.05) is 0 Å². The molecule has 0 atom stereocenters. The minimum Gasteiger partial charge on any atom is -0.289 e. The van der Waals surface area contributed by atoms with E-state index in [1.165, 1.54) is 11.3 Å². The van der Waals surface area contributed by atoms with Gasteiger partial charge in [0.05, 0.1) is 16.8 Å². The number of amides is 2. The second-order valence-electron chi connectivity index (χ2n) is 5.27. The highest BCUT2D eigenvalue weighted by Crippen LogP contribution is 2.28. The number of imidazole rings is 1. The fourth-order valence-corrected chi connectivity index (χ4v) is 4.20. The van der Waals surface area contributed by atoms with Gasteiger partial charge in [0.25, 0.3) is 5.91 Å². The highest BCUT2D eigenvalue weighted by molar-refractivity contribution is 7.21. The zero-order valence-corrected chi connectivity index (χ0v) is 15.0. The van der Waals surface area contributed by atoms with Crippen molar-refractivity contribution in [2.45, 2.75) is 6.42 Å². The lowest BCUT2D eigenvalue weighted by Crippen LogP contribution is -2.42.